The van der Waals surface area contributed by atoms with Gasteiger partial charge < -0.3 is 15.6 Å². The van der Waals surface area contributed by atoms with Crippen LogP contribution in [0.15, 0.2) is 24.3 Å². The maximum Gasteiger partial charge on any atom is 0.328 e. The van der Waals surface area contributed by atoms with E-state index in [9.17, 15) is 4.79 Å². The highest BCUT2D eigenvalue weighted by atomic mass is 16.5. The van der Waals surface area contributed by atoms with Gasteiger partial charge in [0.15, 0.2) is 0 Å². The first-order valence-corrected chi connectivity index (χ1v) is 5.50. The maximum absolute atomic E-state index is 10.5. The van der Waals surface area contributed by atoms with E-state index in [2.05, 4.69) is 0 Å². The zero-order valence-corrected chi connectivity index (χ0v) is 9.85. The van der Waals surface area contributed by atoms with Crippen LogP contribution in [-0.2, 0) is 16.1 Å². The molecular weight excluding hydrogens is 218 g/mol. The molecule has 0 radical (unpaired) electrons. The lowest BCUT2D eigenvalue weighted by Gasteiger charge is -2.07. The average Bonchev–Trinajstić information content (AvgIpc) is 2.29. The number of hydrogen-bond donors (Lipinski definition) is 2. The molecule has 0 bridgehead atoms. The van der Waals surface area contributed by atoms with E-state index in [1.54, 1.807) is 12.1 Å². The lowest BCUT2D eigenvalue weighted by Crippen LogP contribution is -1.98. The van der Waals surface area contributed by atoms with Gasteiger partial charge in [0.25, 0.3) is 0 Å². The van der Waals surface area contributed by atoms with Gasteiger partial charge in [0, 0.05) is 18.4 Å². The number of nitrogens with two attached hydrogens (primary N) is 1. The predicted octanol–water partition coefficient (Wildman–Crippen LogP) is 2.29. The second-order valence-corrected chi connectivity index (χ2v) is 3.68. The van der Waals surface area contributed by atoms with E-state index in [0.717, 1.165) is 23.6 Å². The Morgan fingerprint density at radius 2 is 2.29 bits per heavy atom. The van der Waals surface area contributed by atoms with E-state index < -0.39 is 5.97 Å². The predicted molar refractivity (Wildman–Crippen MR) is 67.5 cm³/mol. The maximum atomic E-state index is 10.5. The molecule has 0 aliphatic heterocycles. The fourth-order valence-electron chi connectivity index (χ4n) is 1.39. The molecule has 1 rings (SSSR count). The Balaban J connectivity index is 2.83. The third-order valence-corrected chi connectivity index (χ3v) is 2.18. The van der Waals surface area contributed by atoms with Crippen LogP contribution in [0.5, 0.6) is 0 Å². The lowest BCUT2D eigenvalue weighted by molar-refractivity contribution is -0.131. The summed E-state index contributed by atoms with van der Waals surface area (Å²) in [5.41, 5.74) is 7.99. The number of nitrogen functional groups attached to an aromatic ring is 1. The van der Waals surface area contributed by atoms with Crippen LogP contribution < -0.4 is 5.73 Å². The van der Waals surface area contributed by atoms with E-state index in [-0.39, 0.29) is 0 Å². The Morgan fingerprint density at radius 3 is 2.94 bits per heavy atom. The van der Waals surface area contributed by atoms with Crippen molar-refractivity contribution >= 4 is 17.7 Å². The zero-order valence-electron chi connectivity index (χ0n) is 9.85. The molecule has 0 atom stereocenters. The fraction of sp³-hybridized carbons (Fsp3) is 0.308. The van der Waals surface area contributed by atoms with E-state index in [1.165, 1.54) is 6.08 Å². The van der Waals surface area contributed by atoms with Gasteiger partial charge in [-0.3, -0.25) is 0 Å². The first-order valence-electron chi connectivity index (χ1n) is 5.50. The van der Waals surface area contributed by atoms with E-state index in [4.69, 9.17) is 15.6 Å². The topological polar surface area (TPSA) is 72.5 Å². The second kappa shape index (κ2) is 6.70. The number of carboxylic acid groups (broad SMARTS) is 1. The third-order valence-electron chi connectivity index (χ3n) is 2.18. The molecule has 0 aromatic heterocycles. The van der Waals surface area contributed by atoms with Crippen molar-refractivity contribution in [3.63, 3.8) is 0 Å². The summed E-state index contributed by atoms with van der Waals surface area (Å²) in [6.07, 6.45) is 3.58. The van der Waals surface area contributed by atoms with Crippen molar-refractivity contribution in [2.45, 2.75) is 20.0 Å². The summed E-state index contributed by atoms with van der Waals surface area (Å²) in [6, 6.07) is 5.37. The van der Waals surface area contributed by atoms with Gasteiger partial charge in [-0.2, -0.15) is 0 Å². The monoisotopic (exact) mass is 235 g/mol. The smallest absolute Gasteiger partial charge is 0.328 e. The summed E-state index contributed by atoms with van der Waals surface area (Å²) < 4.78 is 5.43. The molecule has 0 amide bonds. The summed E-state index contributed by atoms with van der Waals surface area (Å²) in [4.78, 5) is 10.5. The Hall–Kier alpha value is -1.81. The lowest BCUT2D eigenvalue weighted by atomic mass is 10.1. The van der Waals surface area contributed by atoms with Crippen molar-refractivity contribution in [1.29, 1.82) is 0 Å². The molecule has 0 saturated heterocycles. The van der Waals surface area contributed by atoms with Gasteiger partial charge in [0.1, 0.15) is 0 Å². The zero-order chi connectivity index (χ0) is 12.7. The average molecular weight is 235 g/mol. The molecule has 0 heterocycles. The molecule has 0 fully saturated rings. The molecular formula is C13H17NO3. The molecule has 0 spiro atoms. The number of rotatable bonds is 6. The Bertz CT molecular complexity index is 413. The highest BCUT2D eigenvalue weighted by molar-refractivity contribution is 5.85. The molecule has 0 aliphatic carbocycles. The van der Waals surface area contributed by atoms with Crippen molar-refractivity contribution in [1.82, 2.24) is 0 Å². The third kappa shape index (κ3) is 4.70. The molecule has 4 nitrogen and oxygen atoms in total. The largest absolute Gasteiger partial charge is 0.478 e. The highest BCUT2D eigenvalue weighted by Crippen LogP contribution is 2.16. The van der Waals surface area contributed by atoms with Crippen molar-refractivity contribution in [2.75, 3.05) is 12.3 Å². The van der Waals surface area contributed by atoms with Gasteiger partial charge in [-0.05, 0) is 35.8 Å². The number of hydrogen-bond acceptors (Lipinski definition) is 3. The van der Waals surface area contributed by atoms with Crippen LogP contribution in [-0.4, -0.2) is 17.7 Å². The number of aliphatic carboxylic acids is 1. The van der Waals surface area contributed by atoms with Crippen molar-refractivity contribution in [3.05, 3.63) is 35.4 Å². The summed E-state index contributed by atoms with van der Waals surface area (Å²) in [6.45, 7) is 3.19. The number of benzene rings is 1. The van der Waals surface area contributed by atoms with Crippen molar-refractivity contribution in [3.8, 4) is 0 Å². The molecule has 0 aliphatic rings. The van der Waals surface area contributed by atoms with Crippen molar-refractivity contribution in [2.24, 2.45) is 0 Å². The van der Waals surface area contributed by atoms with Crippen LogP contribution in [0, 0.1) is 0 Å². The van der Waals surface area contributed by atoms with Crippen molar-refractivity contribution < 1.29 is 14.6 Å². The second-order valence-electron chi connectivity index (χ2n) is 3.68. The minimum atomic E-state index is -0.979. The molecule has 92 valence electrons. The Labute approximate surface area is 101 Å². The van der Waals surface area contributed by atoms with Gasteiger partial charge in [-0.15, -0.1) is 0 Å². The molecule has 1 aromatic rings. The van der Waals surface area contributed by atoms with Crippen LogP contribution in [0.25, 0.3) is 6.08 Å². The van der Waals surface area contributed by atoms with Gasteiger partial charge in [-0.25, -0.2) is 4.79 Å². The minimum Gasteiger partial charge on any atom is -0.478 e. The van der Waals surface area contributed by atoms with Crippen LogP contribution in [0.3, 0.4) is 0 Å². The summed E-state index contributed by atoms with van der Waals surface area (Å²) >= 11 is 0. The molecule has 0 unspecified atom stereocenters. The van der Waals surface area contributed by atoms with E-state index >= 15 is 0 Å². The fourth-order valence-corrected chi connectivity index (χ4v) is 1.39. The number of ether oxygens (including phenoxy) is 1. The molecule has 0 saturated carbocycles. The molecule has 1 aromatic carbocycles. The number of carboxylic acids is 1. The van der Waals surface area contributed by atoms with E-state index in [1.807, 2.05) is 13.0 Å². The van der Waals surface area contributed by atoms with Crippen LogP contribution in [0.1, 0.15) is 24.5 Å². The Kier molecular flexibility index (Phi) is 5.23. The van der Waals surface area contributed by atoms with Gasteiger partial charge in [0.05, 0.1) is 6.61 Å². The Morgan fingerprint density at radius 1 is 1.53 bits per heavy atom. The summed E-state index contributed by atoms with van der Waals surface area (Å²) in [5.74, 6) is -0.979. The van der Waals surface area contributed by atoms with E-state index in [0.29, 0.717) is 18.9 Å². The van der Waals surface area contributed by atoms with Crippen LogP contribution in [0.4, 0.5) is 5.69 Å². The van der Waals surface area contributed by atoms with Gasteiger partial charge in [-0.1, -0.05) is 13.0 Å². The first kappa shape index (κ1) is 13.3. The van der Waals surface area contributed by atoms with Crippen LogP contribution >= 0.6 is 0 Å². The SMILES string of the molecule is CCCOCc1ccc(N)cc1/C=C/C(=O)O. The minimum absolute atomic E-state index is 0.466. The first-order chi connectivity index (χ1) is 8.13. The normalized spacial score (nSPS) is 10.9. The van der Waals surface area contributed by atoms with Gasteiger partial charge >= 0.3 is 5.97 Å². The molecule has 3 N–H and O–H groups in total. The summed E-state index contributed by atoms with van der Waals surface area (Å²) in [7, 11) is 0. The van der Waals surface area contributed by atoms with Gasteiger partial charge in [0.2, 0.25) is 0 Å². The molecule has 4 heteroatoms. The standard InChI is InChI=1S/C13H17NO3/c1-2-7-17-9-11-3-5-12(14)8-10(11)4-6-13(15)16/h3-6,8H,2,7,9,14H2,1H3,(H,15,16)/b6-4+. The highest BCUT2D eigenvalue weighted by Gasteiger charge is 2.01. The summed E-state index contributed by atoms with van der Waals surface area (Å²) in [5, 5.41) is 8.60. The van der Waals surface area contributed by atoms with Crippen LogP contribution in [0.2, 0.25) is 0 Å². The quantitative estimate of drug-likeness (QED) is 0.451. The number of anilines is 1. The molecule has 17 heavy (non-hydrogen) atoms. The number of carbonyl (C=O) groups is 1.